The lowest BCUT2D eigenvalue weighted by Gasteiger charge is -2.36. The number of piperidine rings is 2. The quantitative estimate of drug-likeness (QED) is 0.571. The number of amides is 1. The molecule has 0 bridgehead atoms. The summed E-state index contributed by atoms with van der Waals surface area (Å²) in [6.45, 7) is 5.21. The number of nitrogens with two attached hydrogens (primary N) is 1. The molecule has 102 valence electrons. The third-order valence-corrected chi connectivity index (χ3v) is 3.22. The predicted molar refractivity (Wildman–Crippen MR) is 74.0 cm³/mol. The Labute approximate surface area is 115 Å². The summed E-state index contributed by atoms with van der Waals surface area (Å²) in [5.41, 5.74) is 4.24. The van der Waals surface area contributed by atoms with Gasteiger partial charge in [-0.15, -0.1) is 12.4 Å². The monoisotopic (exact) mass is 283 g/mol. The van der Waals surface area contributed by atoms with Gasteiger partial charge < -0.3 is 16.0 Å². The maximum atomic E-state index is 8.99. The van der Waals surface area contributed by atoms with Crippen LogP contribution in [0.5, 0.6) is 0 Å². The van der Waals surface area contributed by atoms with Gasteiger partial charge in [0.2, 0.25) is 0 Å². The number of carbonyl (C=O) groups excluding carboxylic acids is 1. The molecule has 0 aromatic heterocycles. The van der Waals surface area contributed by atoms with Crippen LogP contribution in [0, 0.1) is 0 Å². The van der Waals surface area contributed by atoms with Gasteiger partial charge in [0.15, 0.2) is 0 Å². The van der Waals surface area contributed by atoms with Crippen molar-refractivity contribution in [2.45, 2.75) is 38.1 Å². The first kappa shape index (κ1) is 17.0. The van der Waals surface area contributed by atoms with Gasteiger partial charge in [0.25, 0.3) is 0 Å². The summed E-state index contributed by atoms with van der Waals surface area (Å²) >= 11 is 4.41. The Bertz CT molecular complexity index is 185. The molecule has 0 atom stereocenters. The average molecular weight is 284 g/mol. The van der Waals surface area contributed by atoms with Crippen LogP contribution in [-0.2, 0) is 0 Å². The lowest BCUT2D eigenvalue weighted by molar-refractivity contribution is 0.136. The normalized spacial score (nSPS) is 21.9. The molecule has 1 amide bonds. The Morgan fingerprint density at radius 3 is 2.12 bits per heavy atom. The Balaban J connectivity index is 0.000000453. The second-order valence-corrected chi connectivity index (χ2v) is 4.75. The minimum Gasteiger partial charge on any atom is -0.356 e. The van der Waals surface area contributed by atoms with Crippen molar-refractivity contribution < 1.29 is 4.79 Å². The molecule has 0 spiro atoms. The molecule has 6 heteroatoms. The molecule has 2 aliphatic heterocycles. The molecule has 0 unspecified atom stereocenters. The molecule has 0 aromatic rings. The van der Waals surface area contributed by atoms with Gasteiger partial charge in [0.05, 0.1) is 0 Å². The van der Waals surface area contributed by atoms with Gasteiger partial charge in [0.1, 0.15) is 0 Å². The number of likely N-dealkylation sites (tertiary alicyclic amines) is 1. The maximum Gasteiger partial charge on any atom is 0.311 e. The van der Waals surface area contributed by atoms with E-state index in [1.54, 1.807) is 0 Å². The molecule has 2 heterocycles. The van der Waals surface area contributed by atoms with Crippen molar-refractivity contribution in [1.82, 2.24) is 10.2 Å². The number of carbonyl (C=O) groups is 1. The van der Waals surface area contributed by atoms with Crippen LogP contribution in [0.3, 0.4) is 0 Å². The van der Waals surface area contributed by atoms with E-state index in [-0.39, 0.29) is 12.4 Å². The maximum absolute atomic E-state index is 8.99. The van der Waals surface area contributed by atoms with E-state index in [0.717, 1.165) is 6.04 Å². The van der Waals surface area contributed by atoms with Gasteiger partial charge in [-0.3, -0.25) is 4.79 Å². The first-order valence-corrected chi connectivity index (χ1v) is 6.47. The van der Waals surface area contributed by atoms with Crippen LogP contribution in [0.15, 0.2) is 0 Å². The van der Waals surface area contributed by atoms with E-state index in [1.165, 1.54) is 58.3 Å². The number of primary amides is 1. The van der Waals surface area contributed by atoms with Gasteiger partial charge in [0, 0.05) is 6.04 Å². The minimum atomic E-state index is -0.861. The van der Waals surface area contributed by atoms with Crippen LogP contribution in [0.1, 0.15) is 32.1 Å². The molecule has 0 aromatic carbocycles. The second kappa shape index (κ2) is 9.95. The number of hydrogen-bond donors (Lipinski definition) is 2. The molecule has 3 N–H and O–H groups in total. The summed E-state index contributed by atoms with van der Waals surface area (Å²) in [5.74, 6) is 0. The van der Waals surface area contributed by atoms with E-state index in [9.17, 15) is 0 Å². The molecule has 2 aliphatic rings. The van der Waals surface area contributed by atoms with Crippen molar-refractivity contribution in [2.75, 3.05) is 26.2 Å². The number of nitrogens with zero attached hydrogens (tertiary/aromatic N) is 1. The fraction of sp³-hybridized carbons (Fsp3) is 0.909. The first-order chi connectivity index (χ1) is 7.70. The summed E-state index contributed by atoms with van der Waals surface area (Å²) < 4.78 is 0. The van der Waals surface area contributed by atoms with Crippen LogP contribution < -0.4 is 11.1 Å². The van der Waals surface area contributed by atoms with Crippen LogP contribution in [0.2, 0.25) is 0 Å². The molecule has 2 rings (SSSR count). The Morgan fingerprint density at radius 1 is 1.18 bits per heavy atom. The highest BCUT2D eigenvalue weighted by atomic mass is 35.5. The van der Waals surface area contributed by atoms with Crippen molar-refractivity contribution in [2.24, 2.45) is 5.73 Å². The molecule has 2 fully saturated rings. The van der Waals surface area contributed by atoms with E-state index in [0.29, 0.717) is 0 Å². The lowest BCUT2D eigenvalue weighted by atomic mass is 10.0. The first-order valence-electron chi connectivity index (χ1n) is 6.10. The van der Waals surface area contributed by atoms with Gasteiger partial charge in [-0.2, -0.15) is 0 Å². The van der Waals surface area contributed by atoms with Gasteiger partial charge in [-0.1, -0.05) is 6.42 Å². The molecule has 17 heavy (non-hydrogen) atoms. The summed E-state index contributed by atoms with van der Waals surface area (Å²) in [5, 5.41) is 2.57. The van der Waals surface area contributed by atoms with E-state index in [4.69, 9.17) is 4.79 Å². The van der Waals surface area contributed by atoms with E-state index in [2.05, 4.69) is 27.6 Å². The highest BCUT2D eigenvalue weighted by Crippen LogP contribution is 2.17. The molecular formula is C11H23Cl2N3O. The minimum absolute atomic E-state index is 0. The van der Waals surface area contributed by atoms with Crippen molar-refractivity contribution in [3.05, 3.63) is 0 Å². The summed E-state index contributed by atoms with van der Waals surface area (Å²) in [7, 11) is 0. The zero-order chi connectivity index (χ0) is 11.8. The standard InChI is InChI=1S/C10H20N2.CH2ClNO.ClH/c1-2-8-12(9-3-1)10-4-6-11-7-5-10;2-1(3)4;/h10-11H,1-9H2;(H2,3,4);1H. The molecular weight excluding hydrogens is 261 g/mol. The number of halogens is 2. The SMILES string of the molecule is C1CCN(C2CCNCC2)CC1.Cl.NC(=O)Cl. The van der Waals surface area contributed by atoms with Gasteiger partial charge >= 0.3 is 5.37 Å². The van der Waals surface area contributed by atoms with Gasteiger partial charge in [-0.05, 0) is 63.5 Å². The third kappa shape index (κ3) is 7.82. The fourth-order valence-electron chi connectivity index (χ4n) is 2.46. The Hall–Kier alpha value is -0.0300. The highest BCUT2D eigenvalue weighted by Gasteiger charge is 2.21. The summed E-state index contributed by atoms with van der Waals surface area (Å²) in [6, 6.07) is 0.909. The third-order valence-electron chi connectivity index (χ3n) is 3.22. The largest absolute Gasteiger partial charge is 0.356 e. The summed E-state index contributed by atoms with van der Waals surface area (Å²) in [4.78, 5) is 11.7. The van der Waals surface area contributed by atoms with E-state index in [1.807, 2.05) is 0 Å². The molecule has 0 saturated carbocycles. The fourth-order valence-corrected chi connectivity index (χ4v) is 2.46. The zero-order valence-corrected chi connectivity index (χ0v) is 11.7. The Morgan fingerprint density at radius 2 is 1.65 bits per heavy atom. The van der Waals surface area contributed by atoms with Crippen molar-refractivity contribution >= 4 is 29.4 Å². The zero-order valence-electron chi connectivity index (χ0n) is 10.2. The van der Waals surface area contributed by atoms with Crippen molar-refractivity contribution in [1.29, 1.82) is 0 Å². The molecule has 4 nitrogen and oxygen atoms in total. The molecule has 0 radical (unpaired) electrons. The van der Waals surface area contributed by atoms with Gasteiger partial charge in [-0.25, -0.2) is 0 Å². The lowest BCUT2D eigenvalue weighted by Crippen LogP contribution is -2.45. The smallest absolute Gasteiger partial charge is 0.311 e. The van der Waals surface area contributed by atoms with Crippen LogP contribution in [-0.4, -0.2) is 42.5 Å². The predicted octanol–water partition coefficient (Wildman–Crippen LogP) is 1.95. The van der Waals surface area contributed by atoms with Crippen molar-refractivity contribution in [3.8, 4) is 0 Å². The topological polar surface area (TPSA) is 58.4 Å². The Kier molecular flexibility index (Phi) is 9.93. The summed E-state index contributed by atoms with van der Waals surface area (Å²) in [6.07, 6.45) is 7.08. The van der Waals surface area contributed by atoms with Crippen molar-refractivity contribution in [3.63, 3.8) is 0 Å². The number of hydrogen-bond acceptors (Lipinski definition) is 3. The average Bonchev–Trinajstić information content (AvgIpc) is 2.31. The number of nitrogens with one attached hydrogen (secondary N) is 1. The van der Waals surface area contributed by atoms with Crippen LogP contribution in [0.25, 0.3) is 0 Å². The van der Waals surface area contributed by atoms with E-state index >= 15 is 0 Å². The second-order valence-electron chi connectivity index (χ2n) is 4.38. The van der Waals surface area contributed by atoms with Crippen LogP contribution in [0.4, 0.5) is 4.79 Å². The van der Waals surface area contributed by atoms with Crippen LogP contribution >= 0.6 is 24.0 Å². The molecule has 0 aliphatic carbocycles. The highest BCUT2D eigenvalue weighted by molar-refractivity contribution is 6.62. The van der Waals surface area contributed by atoms with E-state index < -0.39 is 5.37 Å². The number of rotatable bonds is 1. The molecule has 2 saturated heterocycles.